The minimum Gasteiger partial charge on any atom is -0.322 e. The average molecular weight is 208 g/mol. The number of nitrogens with one attached hydrogen (secondary N) is 1. The summed E-state index contributed by atoms with van der Waals surface area (Å²) in [6.45, 7) is 0. The Kier molecular flexibility index (Phi) is 1.54. The van der Waals surface area contributed by atoms with E-state index in [-0.39, 0.29) is 0 Å². The lowest BCUT2D eigenvalue weighted by Gasteiger charge is -1.94. The molecule has 1 aliphatic rings. The van der Waals surface area contributed by atoms with Crippen LogP contribution in [0.15, 0.2) is 12.3 Å². The van der Waals surface area contributed by atoms with Crippen LogP contribution in [0.3, 0.4) is 0 Å². The Morgan fingerprint density at radius 3 is 3.15 bits per heavy atom. The predicted octanol–water partition coefficient (Wildman–Crippen LogP) is 3.23. The van der Waals surface area contributed by atoms with Gasteiger partial charge in [0.05, 0.1) is 4.70 Å². The third-order valence-electron chi connectivity index (χ3n) is 2.35. The molecule has 13 heavy (non-hydrogen) atoms. The zero-order chi connectivity index (χ0) is 8.84. The maximum absolute atomic E-state index is 5.06. The predicted molar refractivity (Wildman–Crippen MR) is 56.8 cm³/mol. The molecule has 0 radical (unpaired) electrons. The number of rotatable bonds is 1. The van der Waals surface area contributed by atoms with E-state index in [1.54, 1.807) is 11.3 Å². The molecule has 0 spiro atoms. The van der Waals surface area contributed by atoms with Gasteiger partial charge in [-0.15, -0.1) is 11.3 Å². The highest BCUT2D eigenvalue weighted by molar-refractivity contribution is 7.73. The van der Waals surface area contributed by atoms with Crippen molar-refractivity contribution < 1.29 is 0 Å². The van der Waals surface area contributed by atoms with Crippen molar-refractivity contribution in [2.24, 2.45) is 0 Å². The molecule has 66 valence electrons. The summed E-state index contributed by atoms with van der Waals surface area (Å²) < 4.78 is 2.00. The highest BCUT2D eigenvalue weighted by Crippen LogP contribution is 2.40. The molecular weight excluding hydrogens is 200 g/mol. The lowest BCUT2D eigenvalue weighted by Crippen LogP contribution is -1.81. The number of aromatic amines is 1. The second-order valence-corrected chi connectivity index (χ2v) is 5.12. The van der Waals surface area contributed by atoms with Crippen LogP contribution in [0, 0.1) is 3.95 Å². The van der Waals surface area contributed by atoms with Gasteiger partial charge in [0, 0.05) is 6.20 Å². The van der Waals surface area contributed by atoms with E-state index in [4.69, 9.17) is 12.2 Å². The Morgan fingerprint density at radius 1 is 1.54 bits per heavy atom. The molecule has 2 aromatic heterocycles. The molecule has 2 aromatic rings. The fourth-order valence-corrected chi connectivity index (χ4v) is 2.60. The van der Waals surface area contributed by atoms with E-state index in [0.29, 0.717) is 0 Å². The third-order valence-corrected chi connectivity index (χ3v) is 3.52. The highest BCUT2D eigenvalue weighted by atomic mass is 32.1. The molecule has 3 rings (SSSR count). The van der Waals surface area contributed by atoms with Crippen molar-refractivity contribution >= 4 is 33.9 Å². The van der Waals surface area contributed by atoms with Gasteiger partial charge in [-0.1, -0.05) is 0 Å². The van der Waals surface area contributed by atoms with Gasteiger partial charge in [-0.2, -0.15) is 0 Å². The van der Waals surface area contributed by atoms with E-state index >= 15 is 0 Å². The minimum atomic E-state index is 0.771. The van der Waals surface area contributed by atoms with E-state index < -0.39 is 0 Å². The molecule has 2 heterocycles. The Labute approximate surface area is 84.6 Å². The lowest BCUT2D eigenvalue weighted by atomic mass is 10.2. The van der Waals surface area contributed by atoms with Crippen LogP contribution < -0.4 is 0 Å². The van der Waals surface area contributed by atoms with Gasteiger partial charge in [0.2, 0.25) is 0 Å². The van der Waals surface area contributed by atoms with E-state index in [1.165, 1.54) is 23.1 Å². The molecule has 1 fully saturated rings. The fraction of sp³-hybridized carbons (Fsp3) is 0.333. The Morgan fingerprint density at radius 2 is 2.38 bits per heavy atom. The topological polar surface area (TPSA) is 28.7 Å². The van der Waals surface area contributed by atoms with E-state index in [2.05, 4.69) is 16.0 Å². The fourth-order valence-electron chi connectivity index (χ4n) is 1.49. The van der Waals surface area contributed by atoms with Gasteiger partial charge in [0.15, 0.2) is 3.95 Å². The molecule has 1 saturated carbocycles. The molecule has 0 aromatic carbocycles. The first-order valence-corrected chi connectivity index (χ1v) is 5.54. The first-order chi connectivity index (χ1) is 6.33. The summed E-state index contributed by atoms with van der Waals surface area (Å²) in [6, 6.07) is 2.22. The van der Waals surface area contributed by atoms with Crippen molar-refractivity contribution in [2.45, 2.75) is 18.8 Å². The van der Waals surface area contributed by atoms with Crippen molar-refractivity contribution in [3.8, 4) is 0 Å². The van der Waals surface area contributed by atoms with Crippen LogP contribution in [0.2, 0.25) is 0 Å². The summed E-state index contributed by atoms with van der Waals surface area (Å²) in [5.74, 6) is 0.771. The molecule has 4 heteroatoms. The molecule has 0 unspecified atom stereocenters. The van der Waals surface area contributed by atoms with Crippen LogP contribution in [0.25, 0.3) is 10.3 Å². The Balaban J connectivity index is 2.25. The van der Waals surface area contributed by atoms with Crippen LogP contribution in [0.4, 0.5) is 0 Å². The first-order valence-electron chi connectivity index (χ1n) is 4.32. The largest absolute Gasteiger partial charge is 0.322 e. The van der Waals surface area contributed by atoms with Gasteiger partial charge in [-0.3, -0.25) is 0 Å². The summed E-state index contributed by atoms with van der Waals surface area (Å²) in [7, 11) is 0. The standard InChI is InChI=1S/C9H8N2S2/c12-9-11-8-7(13-9)3-6(4-10-8)5-1-2-5/h3-5H,1-2H2,(H,10,11,12). The highest BCUT2D eigenvalue weighted by Gasteiger charge is 2.24. The van der Waals surface area contributed by atoms with Crippen molar-refractivity contribution in [1.29, 1.82) is 0 Å². The molecular formula is C9H8N2S2. The number of fused-ring (bicyclic) bond motifs is 1. The van der Waals surface area contributed by atoms with Gasteiger partial charge >= 0.3 is 0 Å². The van der Waals surface area contributed by atoms with E-state index in [0.717, 1.165) is 15.5 Å². The van der Waals surface area contributed by atoms with Crippen LogP contribution >= 0.6 is 23.6 Å². The maximum Gasteiger partial charge on any atom is 0.160 e. The van der Waals surface area contributed by atoms with Gasteiger partial charge in [-0.05, 0) is 42.6 Å². The minimum absolute atomic E-state index is 0.771. The zero-order valence-corrected chi connectivity index (χ0v) is 8.54. The van der Waals surface area contributed by atoms with E-state index in [1.807, 2.05) is 6.20 Å². The number of thiazole rings is 1. The first kappa shape index (κ1) is 7.64. The summed E-state index contributed by atoms with van der Waals surface area (Å²) in [4.78, 5) is 7.42. The molecule has 1 aliphatic carbocycles. The van der Waals surface area contributed by atoms with Crippen LogP contribution in [-0.4, -0.2) is 9.97 Å². The summed E-state index contributed by atoms with van der Waals surface area (Å²) in [5, 5.41) is 0. The van der Waals surface area contributed by atoms with Crippen molar-refractivity contribution in [1.82, 2.24) is 9.97 Å². The number of pyridine rings is 1. The number of H-pyrrole nitrogens is 1. The summed E-state index contributed by atoms with van der Waals surface area (Å²) >= 11 is 6.67. The Bertz CT molecular complexity index is 508. The molecule has 0 atom stereocenters. The van der Waals surface area contributed by atoms with Crippen molar-refractivity contribution in [2.75, 3.05) is 0 Å². The molecule has 2 nitrogen and oxygen atoms in total. The van der Waals surface area contributed by atoms with Gasteiger partial charge in [0.1, 0.15) is 5.65 Å². The average Bonchev–Trinajstić information content (AvgIpc) is 2.87. The third kappa shape index (κ3) is 1.30. The van der Waals surface area contributed by atoms with Gasteiger partial charge in [0.25, 0.3) is 0 Å². The quantitative estimate of drug-likeness (QED) is 0.729. The van der Waals surface area contributed by atoms with Crippen molar-refractivity contribution in [3.63, 3.8) is 0 Å². The normalized spacial score (nSPS) is 16.6. The molecule has 0 aliphatic heterocycles. The van der Waals surface area contributed by atoms with Crippen LogP contribution in [0.5, 0.6) is 0 Å². The molecule has 0 bridgehead atoms. The van der Waals surface area contributed by atoms with E-state index in [9.17, 15) is 0 Å². The Hall–Kier alpha value is -0.740. The van der Waals surface area contributed by atoms with Gasteiger partial charge in [-0.25, -0.2) is 4.98 Å². The number of aromatic nitrogens is 2. The molecule has 0 amide bonds. The summed E-state index contributed by atoms with van der Waals surface area (Å²) in [5.41, 5.74) is 2.30. The molecule has 1 N–H and O–H groups in total. The van der Waals surface area contributed by atoms with Crippen LogP contribution in [0.1, 0.15) is 24.3 Å². The monoisotopic (exact) mass is 208 g/mol. The SMILES string of the molecule is S=c1[nH]c2ncc(C3CC3)cc2s1. The second kappa shape index (κ2) is 2.62. The second-order valence-electron chi connectivity index (χ2n) is 3.40. The van der Waals surface area contributed by atoms with Gasteiger partial charge < -0.3 is 4.98 Å². The zero-order valence-electron chi connectivity index (χ0n) is 6.91. The number of hydrogen-bond donors (Lipinski definition) is 1. The maximum atomic E-state index is 5.06. The summed E-state index contributed by atoms with van der Waals surface area (Å²) in [6.07, 6.45) is 4.62. The smallest absolute Gasteiger partial charge is 0.160 e. The number of nitrogens with zero attached hydrogens (tertiary/aromatic N) is 1. The lowest BCUT2D eigenvalue weighted by molar-refractivity contribution is 1.11. The van der Waals surface area contributed by atoms with Crippen molar-refractivity contribution in [3.05, 3.63) is 21.8 Å². The van der Waals surface area contributed by atoms with Crippen LogP contribution in [-0.2, 0) is 0 Å². The number of hydrogen-bond acceptors (Lipinski definition) is 3. The molecule has 0 saturated heterocycles.